The maximum absolute atomic E-state index is 13.8. The maximum atomic E-state index is 13.8. The molecule has 0 saturated heterocycles. The zero-order valence-corrected chi connectivity index (χ0v) is 13.0. The Balaban J connectivity index is 2.60. The van der Waals surface area contributed by atoms with Crippen molar-refractivity contribution in [1.82, 2.24) is 4.57 Å². The van der Waals surface area contributed by atoms with Crippen LogP contribution >= 0.6 is 27.5 Å². The minimum absolute atomic E-state index is 0.0100. The topological polar surface area (TPSA) is 71.3 Å². The molecule has 0 aliphatic heterocycles. The van der Waals surface area contributed by atoms with Gasteiger partial charge in [-0.3, -0.25) is 4.79 Å². The number of anilines is 2. The summed E-state index contributed by atoms with van der Waals surface area (Å²) in [5, 5.41) is 11.4. The fourth-order valence-electron chi connectivity index (χ4n) is 1.71. The Morgan fingerprint density at radius 1 is 1.48 bits per heavy atom. The Bertz CT molecular complexity index is 792. The van der Waals surface area contributed by atoms with Crippen LogP contribution < -0.4 is 10.9 Å². The number of halogens is 3. The van der Waals surface area contributed by atoms with Gasteiger partial charge in [-0.25, -0.2) is 9.18 Å². The Morgan fingerprint density at radius 2 is 2.14 bits per heavy atom. The molecule has 110 valence electrons. The number of nitrogens with zero attached hydrogens (tertiary/aromatic N) is 1. The van der Waals surface area contributed by atoms with E-state index in [1.54, 1.807) is 6.07 Å². The lowest BCUT2D eigenvalue weighted by Gasteiger charge is -2.13. The third kappa shape index (κ3) is 3.08. The van der Waals surface area contributed by atoms with E-state index in [4.69, 9.17) is 11.6 Å². The van der Waals surface area contributed by atoms with Crippen molar-refractivity contribution in [2.75, 3.05) is 5.32 Å². The van der Waals surface area contributed by atoms with Gasteiger partial charge in [0.05, 0.1) is 11.4 Å². The van der Waals surface area contributed by atoms with Gasteiger partial charge in [-0.05, 0) is 18.2 Å². The number of aryl methyl sites for hydroxylation is 1. The SMILES string of the molecule is Cn1cc(C(=O)O)c(Nc2ccc(Br)cc2F)c(Cl)c1=O. The van der Waals surface area contributed by atoms with Crippen LogP contribution in [0.5, 0.6) is 0 Å². The fraction of sp³-hybridized carbons (Fsp3) is 0.0769. The smallest absolute Gasteiger partial charge is 0.339 e. The summed E-state index contributed by atoms with van der Waals surface area (Å²) < 4.78 is 15.4. The monoisotopic (exact) mass is 374 g/mol. The Morgan fingerprint density at radius 3 is 2.71 bits per heavy atom. The number of rotatable bonds is 3. The van der Waals surface area contributed by atoms with Crippen LogP contribution in [0.15, 0.2) is 33.7 Å². The van der Waals surface area contributed by atoms with Gasteiger partial charge in [0.1, 0.15) is 16.4 Å². The highest BCUT2D eigenvalue weighted by molar-refractivity contribution is 9.10. The number of nitrogens with one attached hydrogen (secondary N) is 1. The highest BCUT2D eigenvalue weighted by Gasteiger charge is 2.19. The Hall–Kier alpha value is -1.86. The number of benzene rings is 1. The molecule has 0 atom stereocenters. The second-order valence-corrected chi connectivity index (χ2v) is 5.50. The van der Waals surface area contributed by atoms with E-state index in [1.807, 2.05) is 0 Å². The van der Waals surface area contributed by atoms with Crippen molar-refractivity contribution in [3.63, 3.8) is 0 Å². The van der Waals surface area contributed by atoms with Gasteiger partial charge < -0.3 is 15.0 Å². The van der Waals surface area contributed by atoms with Crippen LogP contribution in [0.1, 0.15) is 10.4 Å². The number of hydrogen-bond donors (Lipinski definition) is 2. The summed E-state index contributed by atoms with van der Waals surface area (Å²) in [7, 11) is 1.38. The number of aromatic carboxylic acids is 1. The Labute approximate surface area is 132 Å². The first-order chi connectivity index (χ1) is 9.81. The van der Waals surface area contributed by atoms with Crippen molar-refractivity contribution in [2.45, 2.75) is 0 Å². The molecule has 1 aromatic carbocycles. The van der Waals surface area contributed by atoms with Crippen molar-refractivity contribution < 1.29 is 14.3 Å². The summed E-state index contributed by atoms with van der Waals surface area (Å²) >= 11 is 9.00. The van der Waals surface area contributed by atoms with E-state index >= 15 is 0 Å². The lowest BCUT2D eigenvalue weighted by Crippen LogP contribution is -2.21. The van der Waals surface area contributed by atoms with Gasteiger partial charge in [0, 0.05) is 17.7 Å². The Kier molecular flexibility index (Phi) is 4.34. The minimum atomic E-state index is -1.28. The largest absolute Gasteiger partial charge is 0.478 e. The first kappa shape index (κ1) is 15.5. The summed E-state index contributed by atoms with van der Waals surface area (Å²) in [4.78, 5) is 23.0. The highest BCUT2D eigenvalue weighted by atomic mass is 79.9. The van der Waals surface area contributed by atoms with Gasteiger partial charge in [-0.1, -0.05) is 27.5 Å². The first-order valence-corrected chi connectivity index (χ1v) is 6.83. The number of hydrogen-bond acceptors (Lipinski definition) is 3. The molecule has 21 heavy (non-hydrogen) atoms. The van der Waals surface area contributed by atoms with Crippen molar-refractivity contribution in [3.05, 3.63) is 55.6 Å². The van der Waals surface area contributed by atoms with E-state index in [0.29, 0.717) is 4.47 Å². The van der Waals surface area contributed by atoms with Gasteiger partial charge in [0.2, 0.25) is 0 Å². The van der Waals surface area contributed by atoms with Crippen LogP contribution in [0.2, 0.25) is 5.02 Å². The molecule has 2 rings (SSSR count). The number of carbonyl (C=O) groups is 1. The minimum Gasteiger partial charge on any atom is -0.478 e. The zero-order valence-electron chi connectivity index (χ0n) is 10.7. The molecule has 0 fully saturated rings. The van der Waals surface area contributed by atoms with Gasteiger partial charge in [-0.2, -0.15) is 0 Å². The molecule has 0 bridgehead atoms. The van der Waals surface area contributed by atoms with E-state index in [1.165, 1.54) is 19.2 Å². The average molecular weight is 376 g/mol. The highest BCUT2D eigenvalue weighted by Crippen LogP contribution is 2.29. The van der Waals surface area contributed by atoms with E-state index in [2.05, 4.69) is 21.2 Å². The predicted molar refractivity (Wildman–Crippen MR) is 81.0 cm³/mol. The molecule has 8 heteroatoms. The molecule has 5 nitrogen and oxygen atoms in total. The molecule has 0 unspecified atom stereocenters. The number of aromatic nitrogens is 1. The normalized spacial score (nSPS) is 10.5. The molecule has 0 aliphatic rings. The van der Waals surface area contributed by atoms with E-state index in [-0.39, 0.29) is 22.0 Å². The van der Waals surface area contributed by atoms with Gasteiger partial charge in [-0.15, -0.1) is 0 Å². The second-order valence-electron chi connectivity index (χ2n) is 4.20. The molecule has 0 saturated carbocycles. The number of carboxylic acids is 1. The van der Waals surface area contributed by atoms with Crippen LogP contribution in [-0.2, 0) is 7.05 Å². The van der Waals surface area contributed by atoms with E-state index in [0.717, 1.165) is 10.8 Å². The predicted octanol–water partition coefficient (Wildman–Crippen LogP) is 3.38. The molecule has 0 radical (unpaired) electrons. The number of carboxylic acid groups (broad SMARTS) is 1. The molecule has 1 heterocycles. The van der Waals surface area contributed by atoms with Crippen molar-refractivity contribution in [1.29, 1.82) is 0 Å². The standard InChI is InChI=1S/C13H9BrClFN2O3/c1-18-5-7(13(20)21)11(10(15)12(18)19)17-9-3-2-6(14)4-8(9)16/h2-5,17H,1H3,(H,20,21). The molecule has 0 amide bonds. The lowest BCUT2D eigenvalue weighted by molar-refractivity contribution is 0.0697. The van der Waals surface area contributed by atoms with Crippen molar-refractivity contribution >= 4 is 44.9 Å². The number of pyridine rings is 1. The van der Waals surface area contributed by atoms with Crippen LogP contribution in [0.25, 0.3) is 0 Å². The third-order valence-corrected chi connectivity index (χ3v) is 3.58. The molecule has 0 spiro atoms. The summed E-state index contributed by atoms with van der Waals surface area (Å²) in [6.45, 7) is 0. The van der Waals surface area contributed by atoms with Crippen molar-refractivity contribution in [2.24, 2.45) is 7.05 Å². The molecular weight excluding hydrogens is 367 g/mol. The quantitative estimate of drug-likeness (QED) is 0.863. The van der Waals surface area contributed by atoms with Crippen LogP contribution in [0, 0.1) is 5.82 Å². The maximum Gasteiger partial charge on any atom is 0.339 e. The van der Waals surface area contributed by atoms with Crippen LogP contribution in [0.4, 0.5) is 15.8 Å². The first-order valence-electron chi connectivity index (χ1n) is 5.65. The van der Waals surface area contributed by atoms with E-state index in [9.17, 15) is 19.1 Å². The van der Waals surface area contributed by atoms with Crippen molar-refractivity contribution in [3.8, 4) is 0 Å². The lowest BCUT2D eigenvalue weighted by atomic mass is 10.2. The second kappa shape index (κ2) is 5.87. The van der Waals surface area contributed by atoms with Crippen LogP contribution in [0.3, 0.4) is 0 Å². The average Bonchev–Trinajstić information content (AvgIpc) is 2.41. The summed E-state index contributed by atoms with van der Waals surface area (Å²) in [5.41, 5.74) is -0.949. The van der Waals surface area contributed by atoms with Gasteiger partial charge in [0.25, 0.3) is 5.56 Å². The summed E-state index contributed by atoms with van der Waals surface area (Å²) in [5.74, 6) is -1.90. The zero-order chi connectivity index (χ0) is 15.7. The molecule has 1 aromatic heterocycles. The van der Waals surface area contributed by atoms with Crippen LogP contribution in [-0.4, -0.2) is 15.6 Å². The fourth-order valence-corrected chi connectivity index (χ4v) is 2.32. The van der Waals surface area contributed by atoms with E-state index < -0.39 is 17.3 Å². The summed E-state index contributed by atoms with van der Waals surface area (Å²) in [6.07, 6.45) is 1.12. The van der Waals surface area contributed by atoms with Gasteiger partial charge in [0.15, 0.2) is 0 Å². The molecule has 2 N–H and O–H groups in total. The summed E-state index contributed by atoms with van der Waals surface area (Å²) in [6, 6.07) is 4.18. The molecule has 2 aromatic rings. The molecule has 0 aliphatic carbocycles. The van der Waals surface area contributed by atoms with Gasteiger partial charge >= 0.3 is 5.97 Å². The third-order valence-electron chi connectivity index (χ3n) is 2.74. The molecular formula is C13H9BrClFN2O3.